The fourth-order valence-corrected chi connectivity index (χ4v) is 4.30. The van der Waals surface area contributed by atoms with E-state index in [4.69, 9.17) is 17.3 Å². The molecule has 0 N–H and O–H groups in total. The first-order chi connectivity index (χ1) is 10.3. The van der Waals surface area contributed by atoms with E-state index < -0.39 is 5.69 Å². The van der Waals surface area contributed by atoms with Crippen LogP contribution in [0.25, 0.3) is 0 Å². The van der Waals surface area contributed by atoms with E-state index in [0.717, 1.165) is 13.2 Å². The van der Waals surface area contributed by atoms with Crippen molar-refractivity contribution in [3.63, 3.8) is 0 Å². The molecule has 1 aliphatic heterocycles. The minimum absolute atomic E-state index is 0.310. The topological polar surface area (TPSA) is 18.5 Å². The first-order valence-corrected chi connectivity index (χ1v) is 9.37. The highest BCUT2D eigenvalue weighted by molar-refractivity contribution is 6.13. The fraction of sp³-hybridized carbons (Fsp3) is 1.00. The SMILES string of the molecule is [B]C1(C)OCC2CCCCCCCC(CO1)C(C)(C)CC2C. The van der Waals surface area contributed by atoms with E-state index in [1.165, 1.54) is 51.4 Å². The molecule has 1 heterocycles. The lowest BCUT2D eigenvalue weighted by Gasteiger charge is -2.43. The lowest BCUT2D eigenvalue weighted by Crippen LogP contribution is -2.42. The van der Waals surface area contributed by atoms with Crippen molar-refractivity contribution in [2.24, 2.45) is 23.2 Å². The summed E-state index contributed by atoms with van der Waals surface area (Å²) in [5.41, 5.74) is -0.627. The molecule has 2 fully saturated rings. The quantitative estimate of drug-likeness (QED) is 0.592. The Labute approximate surface area is 139 Å². The van der Waals surface area contributed by atoms with Crippen LogP contribution >= 0.6 is 0 Å². The average Bonchev–Trinajstić information content (AvgIpc) is 2.41. The van der Waals surface area contributed by atoms with Crippen molar-refractivity contribution in [2.45, 2.75) is 84.7 Å². The van der Waals surface area contributed by atoms with Crippen LogP contribution in [-0.4, -0.2) is 26.7 Å². The van der Waals surface area contributed by atoms with Crippen LogP contribution in [0.15, 0.2) is 0 Å². The third-order valence-electron chi connectivity index (χ3n) is 6.04. The van der Waals surface area contributed by atoms with E-state index in [2.05, 4.69) is 20.8 Å². The molecule has 4 unspecified atom stereocenters. The van der Waals surface area contributed by atoms with Gasteiger partial charge in [0.15, 0.2) is 7.85 Å². The van der Waals surface area contributed by atoms with Crippen molar-refractivity contribution >= 4 is 7.85 Å². The van der Waals surface area contributed by atoms with Gasteiger partial charge in [-0.1, -0.05) is 52.9 Å². The van der Waals surface area contributed by atoms with Crippen LogP contribution < -0.4 is 0 Å². The van der Waals surface area contributed by atoms with Gasteiger partial charge in [-0.15, -0.1) is 0 Å². The zero-order chi connectivity index (χ0) is 16.2. The van der Waals surface area contributed by atoms with Gasteiger partial charge in [0.1, 0.15) is 5.69 Å². The van der Waals surface area contributed by atoms with Crippen molar-refractivity contribution in [2.75, 3.05) is 13.2 Å². The predicted molar refractivity (Wildman–Crippen MR) is 92.9 cm³/mol. The smallest absolute Gasteiger partial charge is 0.153 e. The Hall–Kier alpha value is -0.0151. The Bertz CT molecular complexity index is 340. The molecule has 2 rings (SSSR count). The number of rotatable bonds is 0. The minimum Gasteiger partial charge on any atom is -0.360 e. The van der Waals surface area contributed by atoms with Crippen LogP contribution in [0.4, 0.5) is 0 Å². The van der Waals surface area contributed by atoms with Gasteiger partial charge in [-0.2, -0.15) is 0 Å². The molecule has 2 radical (unpaired) electrons. The van der Waals surface area contributed by atoms with E-state index in [1.807, 2.05) is 6.92 Å². The van der Waals surface area contributed by atoms with Crippen LogP contribution in [0.3, 0.4) is 0 Å². The van der Waals surface area contributed by atoms with Crippen molar-refractivity contribution < 1.29 is 9.47 Å². The van der Waals surface area contributed by atoms with E-state index in [1.54, 1.807) is 0 Å². The average molecular weight is 306 g/mol. The van der Waals surface area contributed by atoms with Crippen molar-refractivity contribution in [3.8, 4) is 0 Å². The van der Waals surface area contributed by atoms with Gasteiger partial charge < -0.3 is 9.47 Å². The number of ether oxygens (including phenoxy) is 2. The molecule has 4 atom stereocenters. The summed E-state index contributed by atoms with van der Waals surface area (Å²) in [6.45, 7) is 10.6. The predicted octanol–water partition coefficient (Wildman–Crippen LogP) is 4.90. The Balaban J connectivity index is 2.22. The van der Waals surface area contributed by atoms with E-state index in [9.17, 15) is 0 Å². The molecule has 0 aromatic rings. The van der Waals surface area contributed by atoms with Crippen LogP contribution in [-0.2, 0) is 9.47 Å². The van der Waals surface area contributed by atoms with Crippen LogP contribution in [0.5, 0.6) is 0 Å². The van der Waals surface area contributed by atoms with Gasteiger partial charge in [-0.25, -0.2) is 0 Å². The van der Waals surface area contributed by atoms with Crippen molar-refractivity contribution in [1.82, 2.24) is 0 Å². The monoisotopic (exact) mass is 306 g/mol. The second-order valence-electron chi connectivity index (χ2n) is 8.61. The third-order valence-corrected chi connectivity index (χ3v) is 6.04. The second kappa shape index (κ2) is 7.70. The lowest BCUT2D eigenvalue weighted by atomic mass is 9.68. The van der Waals surface area contributed by atoms with E-state index in [-0.39, 0.29) is 0 Å². The first-order valence-electron chi connectivity index (χ1n) is 9.37. The first kappa shape index (κ1) is 18.3. The summed E-state index contributed by atoms with van der Waals surface area (Å²) in [6, 6.07) is 0. The Morgan fingerprint density at radius 3 is 2.18 bits per heavy atom. The molecule has 1 saturated heterocycles. The van der Waals surface area contributed by atoms with E-state index in [0.29, 0.717) is 23.2 Å². The van der Waals surface area contributed by atoms with Gasteiger partial charge >= 0.3 is 0 Å². The van der Waals surface area contributed by atoms with Gasteiger partial charge in [0.05, 0.1) is 13.2 Å². The maximum Gasteiger partial charge on any atom is 0.153 e. The molecular formula is C19H35BO2. The highest BCUT2D eigenvalue weighted by atomic mass is 16.7. The fourth-order valence-electron chi connectivity index (χ4n) is 4.30. The molecular weight excluding hydrogens is 271 g/mol. The second-order valence-corrected chi connectivity index (χ2v) is 8.61. The molecule has 0 spiro atoms. The Morgan fingerprint density at radius 1 is 0.864 bits per heavy atom. The molecule has 2 aliphatic rings. The van der Waals surface area contributed by atoms with Gasteiger partial charge in [-0.3, -0.25) is 0 Å². The number of hydrogen-bond acceptors (Lipinski definition) is 2. The summed E-state index contributed by atoms with van der Waals surface area (Å²) in [5, 5.41) is 0. The molecule has 22 heavy (non-hydrogen) atoms. The summed E-state index contributed by atoms with van der Waals surface area (Å²) in [5.74, 6) is 1.86. The zero-order valence-corrected chi connectivity index (χ0v) is 15.2. The summed E-state index contributed by atoms with van der Waals surface area (Å²) < 4.78 is 11.9. The van der Waals surface area contributed by atoms with Crippen LogP contribution in [0.1, 0.15) is 79.1 Å². The number of hydrogen-bond donors (Lipinski definition) is 0. The van der Waals surface area contributed by atoms with Gasteiger partial charge in [0.25, 0.3) is 0 Å². The molecule has 1 aliphatic carbocycles. The molecule has 0 amide bonds. The van der Waals surface area contributed by atoms with Gasteiger partial charge in [0.2, 0.25) is 0 Å². The highest BCUT2D eigenvalue weighted by Crippen LogP contribution is 2.42. The summed E-state index contributed by atoms with van der Waals surface area (Å²) in [7, 11) is 6.22. The summed E-state index contributed by atoms with van der Waals surface area (Å²) >= 11 is 0. The summed E-state index contributed by atoms with van der Waals surface area (Å²) in [6.07, 6.45) is 10.5. The Morgan fingerprint density at radius 2 is 1.45 bits per heavy atom. The molecule has 2 bridgehead atoms. The normalized spacial score (nSPS) is 41.5. The van der Waals surface area contributed by atoms with Gasteiger partial charge in [-0.05, 0) is 49.4 Å². The van der Waals surface area contributed by atoms with Crippen LogP contribution in [0, 0.1) is 23.2 Å². The van der Waals surface area contributed by atoms with Crippen molar-refractivity contribution in [3.05, 3.63) is 0 Å². The van der Waals surface area contributed by atoms with E-state index >= 15 is 0 Å². The zero-order valence-electron chi connectivity index (χ0n) is 15.2. The highest BCUT2D eigenvalue weighted by Gasteiger charge is 2.36. The molecule has 0 aromatic carbocycles. The molecule has 0 aromatic heterocycles. The Kier molecular flexibility index (Phi) is 6.42. The number of fused-ring (bicyclic) bond motifs is 4. The maximum absolute atomic E-state index is 6.22. The molecule has 126 valence electrons. The largest absolute Gasteiger partial charge is 0.360 e. The minimum atomic E-state index is -0.937. The van der Waals surface area contributed by atoms with Crippen molar-refractivity contribution in [1.29, 1.82) is 0 Å². The summed E-state index contributed by atoms with van der Waals surface area (Å²) in [4.78, 5) is 0. The van der Waals surface area contributed by atoms with Crippen LogP contribution in [0.2, 0.25) is 0 Å². The maximum atomic E-state index is 6.22. The lowest BCUT2D eigenvalue weighted by molar-refractivity contribution is -0.196. The molecule has 3 heteroatoms. The van der Waals surface area contributed by atoms with Gasteiger partial charge in [0, 0.05) is 0 Å². The standard InChI is InChI=1S/C19H35BO2/c1-15-12-18(2,3)17-11-9-7-5-6-8-10-16(15)13-21-19(4,20)22-14-17/h15-17H,5-14H2,1-4H3. The molecule has 2 nitrogen and oxygen atoms in total. The molecule has 1 saturated carbocycles. The third kappa shape index (κ3) is 5.27.